The lowest BCUT2D eigenvalue weighted by atomic mass is 10.1. The van der Waals surface area contributed by atoms with Gasteiger partial charge in [0.15, 0.2) is 0 Å². The number of benzene rings is 1. The van der Waals surface area contributed by atoms with Gasteiger partial charge in [-0.3, -0.25) is 5.32 Å². The van der Waals surface area contributed by atoms with Crippen LogP contribution in [0.1, 0.15) is 16.5 Å². The molecule has 2 nitrogen and oxygen atoms in total. The number of rotatable bonds is 4. The van der Waals surface area contributed by atoms with E-state index in [1.807, 2.05) is 17.5 Å². The Bertz CT molecular complexity index is 541. The SMILES string of the molecule is N#CC(NCc1cccs1)c1cc(Cl)cc(Cl)c1. The second-order valence-electron chi connectivity index (χ2n) is 3.73. The van der Waals surface area contributed by atoms with Crippen molar-refractivity contribution < 1.29 is 0 Å². The van der Waals surface area contributed by atoms with E-state index in [0.717, 1.165) is 5.56 Å². The third-order valence-electron chi connectivity index (χ3n) is 2.41. The highest BCUT2D eigenvalue weighted by Crippen LogP contribution is 2.23. The van der Waals surface area contributed by atoms with Gasteiger partial charge in [0.25, 0.3) is 0 Å². The van der Waals surface area contributed by atoms with Crippen LogP contribution < -0.4 is 5.32 Å². The molecule has 1 aromatic heterocycles. The molecule has 18 heavy (non-hydrogen) atoms. The van der Waals surface area contributed by atoms with E-state index >= 15 is 0 Å². The summed E-state index contributed by atoms with van der Waals surface area (Å²) in [4.78, 5) is 1.18. The van der Waals surface area contributed by atoms with Gasteiger partial charge in [-0.05, 0) is 35.2 Å². The predicted molar refractivity (Wildman–Crippen MR) is 76.0 cm³/mol. The largest absolute Gasteiger partial charge is 0.293 e. The normalized spacial score (nSPS) is 12.1. The molecule has 1 unspecified atom stereocenters. The van der Waals surface area contributed by atoms with Crippen molar-refractivity contribution in [2.45, 2.75) is 12.6 Å². The number of thiophene rings is 1. The number of nitrogens with zero attached hydrogens (tertiary/aromatic N) is 1. The highest BCUT2D eigenvalue weighted by Gasteiger charge is 2.11. The van der Waals surface area contributed by atoms with Crippen LogP contribution in [0.2, 0.25) is 10.0 Å². The fourth-order valence-corrected chi connectivity index (χ4v) is 2.79. The number of halogens is 2. The number of hydrogen-bond acceptors (Lipinski definition) is 3. The molecule has 2 rings (SSSR count). The number of nitrogens with one attached hydrogen (secondary N) is 1. The Morgan fingerprint density at radius 1 is 1.28 bits per heavy atom. The van der Waals surface area contributed by atoms with Crippen molar-refractivity contribution in [3.63, 3.8) is 0 Å². The monoisotopic (exact) mass is 296 g/mol. The lowest BCUT2D eigenvalue weighted by molar-refractivity contribution is 0.636. The summed E-state index contributed by atoms with van der Waals surface area (Å²) in [5.74, 6) is 0. The van der Waals surface area contributed by atoms with Crippen LogP contribution in [0.4, 0.5) is 0 Å². The van der Waals surface area contributed by atoms with Crippen LogP contribution in [0, 0.1) is 11.3 Å². The first-order valence-corrected chi connectivity index (χ1v) is 6.94. The highest BCUT2D eigenvalue weighted by molar-refractivity contribution is 7.09. The summed E-state index contributed by atoms with van der Waals surface area (Å²) >= 11 is 13.5. The van der Waals surface area contributed by atoms with Crippen molar-refractivity contribution >= 4 is 34.5 Å². The Morgan fingerprint density at radius 3 is 2.56 bits per heavy atom. The van der Waals surface area contributed by atoms with E-state index in [2.05, 4.69) is 11.4 Å². The maximum Gasteiger partial charge on any atom is 0.121 e. The van der Waals surface area contributed by atoms with Gasteiger partial charge in [-0.25, -0.2) is 0 Å². The number of nitriles is 1. The van der Waals surface area contributed by atoms with E-state index in [9.17, 15) is 5.26 Å². The Kier molecular flexibility index (Phi) is 4.62. The molecule has 0 aliphatic rings. The van der Waals surface area contributed by atoms with Crippen LogP contribution in [0.15, 0.2) is 35.7 Å². The Balaban J connectivity index is 2.11. The lowest BCUT2D eigenvalue weighted by Gasteiger charge is -2.12. The third kappa shape index (κ3) is 3.47. The maximum absolute atomic E-state index is 9.19. The van der Waals surface area contributed by atoms with Crippen LogP contribution in [-0.4, -0.2) is 0 Å². The first-order valence-electron chi connectivity index (χ1n) is 5.30. The van der Waals surface area contributed by atoms with Gasteiger partial charge in [0.1, 0.15) is 6.04 Å². The fraction of sp³-hybridized carbons (Fsp3) is 0.154. The van der Waals surface area contributed by atoms with Crippen LogP contribution in [0.5, 0.6) is 0 Å². The van der Waals surface area contributed by atoms with Crippen LogP contribution in [0.3, 0.4) is 0 Å². The summed E-state index contributed by atoms with van der Waals surface area (Å²) in [6.45, 7) is 0.653. The minimum atomic E-state index is -0.414. The average molecular weight is 297 g/mol. The molecule has 1 aromatic carbocycles. The van der Waals surface area contributed by atoms with Gasteiger partial charge in [-0.15, -0.1) is 11.3 Å². The van der Waals surface area contributed by atoms with Gasteiger partial charge in [0.2, 0.25) is 0 Å². The maximum atomic E-state index is 9.19. The van der Waals surface area contributed by atoms with Crippen LogP contribution in [0.25, 0.3) is 0 Å². The topological polar surface area (TPSA) is 35.8 Å². The molecular weight excluding hydrogens is 287 g/mol. The summed E-state index contributed by atoms with van der Waals surface area (Å²) in [5.41, 5.74) is 0.784. The molecule has 0 saturated heterocycles. The molecule has 0 amide bonds. The minimum absolute atomic E-state index is 0.414. The van der Waals surface area contributed by atoms with Crippen molar-refractivity contribution in [2.24, 2.45) is 0 Å². The van der Waals surface area contributed by atoms with Crippen molar-refractivity contribution in [1.82, 2.24) is 5.32 Å². The first-order chi connectivity index (χ1) is 8.69. The highest BCUT2D eigenvalue weighted by atomic mass is 35.5. The summed E-state index contributed by atoms with van der Waals surface area (Å²) < 4.78 is 0. The molecule has 5 heteroatoms. The molecule has 0 aliphatic heterocycles. The molecule has 2 aromatic rings. The molecule has 0 aliphatic carbocycles. The van der Waals surface area contributed by atoms with Crippen molar-refractivity contribution in [1.29, 1.82) is 5.26 Å². The van der Waals surface area contributed by atoms with Crippen molar-refractivity contribution in [3.05, 3.63) is 56.2 Å². The molecule has 1 heterocycles. The minimum Gasteiger partial charge on any atom is -0.293 e. The Morgan fingerprint density at radius 2 is 2.00 bits per heavy atom. The Hall–Kier alpha value is -1.05. The third-order valence-corrected chi connectivity index (χ3v) is 3.72. The first kappa shape index (κ1) is 13.4. The van der Waals surface area contributed by atoms with E-state index in [-0.39, 0.29) is 0 Å². The molecule has 1 N–H and O–H groups in total. The van der Waals surface area contributed by atoms with Crippen molar-refractivity contribution in [2.75, 3.05) is 0 Å². The zero-order chi connectivity index (χ0) is 13.0. The smallest absolute Gasteiger partial charge is 0.121 e. The van der Waals surface area contributed by atoms with E-state index in [1.54, 1.807) is 29.5 Å². The quantitative estimate of drug-likeness (QED) is 0.907. The second kappa shape index (κ2) is 6.21. The molecular formula is C13H10Cl2N2S. The van der Waals surface area contributed by atoms with E-state index in [0.29, 0.717) is 16.6 Å². The molecule has 1 atom stereocenters. The van der Waals surface area contributed by atoms with Crippen LogP contribution >= 0.6 is 34.5 Å². The summed E-state index contributed by atoms with van der Waals surface area (Å²) in [6.07, 6.45) is 0. The van der Waals surface area contributed by atoms with Gasteiger partial charge in [-0.2, -0.15) is 5.26 Å². The molecule has 0 fully saturated rings. The number of hydrogen-bond donors (Lipinski definition) is 1. The summed E-state index contributed by atoms with van der Waals surface area (Å²) in [7, 11) is 0. The zero-order valence-corrected chi connectivity index (χ0v) is 11.7. The van der Waals surface area contributed by atoms with Gasteiger partial charge in [0.05, 0.1) is 6.07 Å². The standard InChI is InChI=1S/C13H10Cl2N2S/c14-10-4-9(5-11(15)6-10)13(7-16)17-8-12-2-1-3-18-12/h1-6,13,17H,8H2. The Labute approximate surface area is 120 Å². The van der Waals surface area contributed by atoms with E-state index < -0.39 is 6.04 Å². The lowest BCUT2D eigenvalue weighted by Crippen LogP contribution is -2.18. The van der Waals surface area contributed by atoms with Crippen molar-refractivity contribution in [3.8, 4) is 6.07 Å². The molecule has 92 valence electrons. The molecule has 0 saturated carbocycles. The molecule has 0 spiro atoms. The van der Waals surface area contributed by atoms with Gasteiger partial charge < -0.3 is 0 Å². The summed E-state index contributed by atoms with van der Waals surface area (Å²) in [6, 6.07) is 11.0. The van der Waals surface area contributed by atoms with Gasteiger partial charge in [0, 0.05) is 21.5 Å². The van der Waals surface area contributed by atoms with Crippen LogP contribution in [-0.2, 0) is 6.54 Å². The predicted octanol–water partition coefficient (Wildman–Crippen LogP) is 4.41. The van der Waals surface area contributed by atoms with Gasteiger partial charge in [-0.1, -0.05) is 29.3 Å². The van der Waals surface area contributed by atoms with E-state index in [1.165, 1.54) is 4.88 Å². The second-order valence-corrected chi connectivity index (χ2v) is 5.63. The van der Waals surface area contributed by atoms with E-state index in [4.69, 9.17) is 23.2 Å². The average Bonchev–Trinajstić information content (AvgIpc) is 2.81. The fourth-order valence-electron chi connectivity index (χ4n) is 1.60. The van der Waals surface area contributed by atoms with Gasteiger partial charge >= 0.3 is 0 Å². The molecule has 0 radical (unpaired) electrons. The zero-order valence-electron chi connectivity index (χ0n) is 9.36. The molecule has 0 bridgehead atoms. The summed E-state index contributed by atoms with van der Waals surface area (Å²) in [5, 5.41) is 15.5.